The van der Waals surface area contributed by atoms with Crippen molar-refractivity contribution in [2.45, 2.75) is 39.2 Å². The normalized spacial score (nSPS) is 11.1. The van der Waals surface area contributed by atoms with E-state index in [1.807, 2.05) is 20.8 Å². The Morgan fingerprint density at radius 1 is 1.11 bits per heavy atom. The van der Waals surface area contributed by atoms with Gasteiger partial charge in [0.25, 0.3) is 5.91 Å². The molecule has 0 spiro atoms. The molecule has 1 rings (SSSR count). The number of hydrogen-bond acceptors (Lipinski definition) is 2. The van der Waals surface area contributed by atoms with Crippen LogP contribution in [0.25, 0.3) is 0 Å². The van der Waals surface area contributed by atoms with Crippen molar-refractivity contribution < 1.29 is 14.7 Å². The van der Waals surface area contributed by atoms with Crippen molar-refractivity contribution in [1.29, 1.82) is 0 Å². The standard InChI is InChI=1S/C14H19NO3/c1-4-14(3,5-2)15-12(16)10-6-8-11(9-7-10)13(17)18/h6-9H,4-5H2,1-3H3,(H,15,16)(H,17,18). The Hall–Kier alpha value is -1.84. The van der Waals surface area contributed by atoms with E-state index in [1.165, 1.54) is 24.3 Å². The zero-order valence-corrected chi connectivity index (χ0v) is 11.0. The number of amides is 1. The monoisotopic (exact) mass is 249 g/mol. The summed E-state index contributed by atoms with van der Waals surface area (Å²) in [5.41, 5.74) is 0.441. The van der Waals surface area contributed by atoms with Gasteiger partial charge in [0, 0.05) is 11.1 Å². The lowest BCUT2D eigenvalue weighted by molar-refractivity contribution is 0.0696. The lowest BCUT2D eigenvalue weighted by atomic mass is 9.95. The van der Waals surface area contributed by atoms with Gasteiger partial charge in [0.1, 0.15) is 0 Å². The van der Waals surface area contributed by atoms with Crippen LogP contribution in [0.5, 0.6) is 0 Å². The minimum absolute atomic E-state index is 0.168. The van der Waals surface area contributed by atoms with Crippen LogP contribution in [0.15, 0.2) is 24.3 Å². The minimum Gasteiger partial charge on any atom is -0.478 e. The molecular formula is C14H19NO3. The molecule has 0 saturated carbocycles. The summed E-state index contributed by atoms with van der Waals surface area (Å²) < 4.78 is 0. The fraction of sp³-hybridized carbons (Fsp3) is 0.429. The van der Waals surface area contributed by atoms with Crippen LogP contribution in [0, 0.1) is 0 Å². The third kappa shape index (κ3) is 3.32. The molecule has 0 heterocycles. The number of rotatable bonds is 5. The fourth-order valence-electron chi connectivity index (χ4n) is 1.54. The van der Waals surface area contributed by atoms with E-state index < -0.39 is 5.97 Å². The van der Waals surface area contributed by atoms with Crippen LogP contribution in [0.2, 0.25) is 0 Å². The molecule has 18 heavy (non-hydrogen) atoms. The first-order chi connectivity index (χ1) is 8.41. The highest BCUT2D eigenvalue weighted by Gasteiger charge is 2.22. The average Bonchev–Trinajstić information content (AvgIpc) is 2.38. The first kappa shape index (κ1) is 14.2. The van der Waals surface area contributed by atoms with Crippen molar-refractivity contribution in [3.05, 3.63) is 35.4 Å². The van der Waals surface area contributed by atoms with E-state index in [-0.39, 0.29) is 17.0 Å². The molecule has 0 saturated heterocycles. The van der Waals surface area contributed by atoms with Crippen molar-refractivity contribution in [3.8, 4) is 0 Å². The van der Waals surface area contributed by atoms with Crippen molar-refractivity contribution in [3.63, 3.8) is 0 Å². The number of benzene rings is 1. The molecule has 0 aromatic heterocycles. The topological polar surface area (TPSA) is 66.4 Å². The van der Waals surface area contributed by atoms with Crippen LogP contribution >= 0.6 is 0 Å². The largest absolute Gasteiger partial charge is 0.478 e. The summed E-state index contributed by atoms with van der Waals surface area (Å²) in [5.74, 6) is -1.16. The maximum absolute atomic E-state index is 12.0. The van der Waals surface area contributed by atoms with E-state index in [2.05, 4.69) is 5.32 Å². The predicted molar refractivity (Wildman–Crippen MR) is 69.9 cm³/mol. The molecule has 0 aliphatic heterocycles. The van der Waals surface area contributed by atoms with Gasteiger partial charge in [-0.25, -0.2) is 4.79 Å². The van der Waals surface area contributed by atoms with Crippen LogP contribution in [-0.4, -0.2) is 22.5 Å². The Labute approximate surface area is 107 Å². The van der Waals surface area contributed by atoms with Gasteiger partial charge in [0.05, 0.1) is 5.56 Å². The highest BCUT2D eigenvalue weighted by Crippen LogP contribution is 2.15. The van der Waals surface area contributed by atoms with E-state index >= 15 is 0 Å². The summed E-state index contributed by atoms with van der Waals surface area (Å²) in [4.78, 5) is 22.7. The number of nitrogens with one attached hydrogen (secondary N) is 1. The van der Waals surface area contributed by atoms with Gasteiger partial charge in [-0.05, 0) is 44.0 Å². The molecule has 98 valence electrons. The number of carboxylic acid groups (broad SMARTS) is 1. The minimum atomic E-state index is -0.992. The van der Waals surface area contributed by atoms with Gasteiger partial charge in [-0.2, -0.15) is 0 Å². The van der Waals surface area contributed by atoms with E-state index in [9.17, 15) is 9.59 Å². The Morgan fingerprint density at radius 3 is 1.94 bits per heavy atom. The van der Waals surface area contributed by atoms with Gasteiger partial charge in [-0.1, -0.05) is 13.8 Å². The third-order valence-electron chi connectivity index (χ3n) is 3.37. The summed E-state index contributed by atoms with van der Waals surface area (Å²) in [6.07, 6.45) is 1.70. The van der Waals surface area contributed by atoms with Gasteiger partial charge < -0.3 is 10.4 Å². The third-order valence-corrected chi connectivity index (χ3v) is 3.37. The summed E-state index contributed by atoms with van der Waals surface area (Å²) in [7, 11) is 0. The molecule has 0 atom stereocenters. The summed E-state index contributed by atoms with van der Waals surface area (Å²) in [6.45, 7) is 6.05. The van der Waals surface area contributed by atoms with Gasteiger partial charge in [0.15, 0.2) is 0 Å². The second-order valence-electron chi connectivity index (χ2n) is 4.60. The van der Waals surface area contributed by atoms with Crippen LogP contribution < -0.4 is 5.32 Å². The smallest absolute Gasteiger partial charge is 0.335 e. The first-order valence-corrected chi connectivity index (χ1v) is 6.07. The second kappa shape index (κ2) is 5.67. The molecule has 1 aromatic rings. The lowest BCUT2D eigenvalue weighted by Gasteiger charge is -2.28. The van der Waals surface area contributed by atoms with Gasteiger partial charge in [0.2, 0.25) is 0 Å². The maximum atomic E-state index is 12.0. The van der Waals surface area contributed by atoms with Gasteiger partial charge in [-0.15, -0.1) is 0 Å². The second-order valence-corrected chi connectivity index (χ2v) is 4.60. The number of aromatic carboxylic acids is 1. The highest BCUT2D eigenvalue weighted by atomic mass is 16.4. The molecule has 0 aliphatic rings. The van der Waals surface area contributed by atoms with Crippen LogP contribution in [0.3, 0.4) is 0 Å². The number of carboxylic acids is 1. The zero-order valence-electron chi connectivity index (χ0n) is 11.0. The molecule has 0 bridgehead atoms. The molecule has 1 aromatic carbocycles. The Balaban J connectivity index is 2.82. The predicted octanol–water partition coefficient (Wildman–Crippen LogP) is 2.69. The SMILES string of the molecule is CCC(C)(CC)NC(=O)c1ccc(C(=O)O)cc1. The van der Waals surface area contributed by atoms with Crippen molar-refractivity contribution >= 4 is 11.9 Å². The molecule has 4 nitrogen and oxygen atoms in total. The summed E-state index contributed by atoms with van der Waals surface area (Å²) in [6, 6.07) is 5.94. The molecule has 4 heteroatoms. The average molecular weight is 249 g/mol. The first-order valence-electron chi connectivity index (χ1n) is 6.07. The van der Waals surface area contributed by atoms with Crippen LogP contribution in [0.4, 0.5) is 0 Å². The quantitative estimate of drug-likeness (QED) is 0.843. The van der Waals surface area contributed by atoms with E-state index in [0.717, 1.165) is 12.8 Å². The van der Waals surface area contributed by atoms with Crippen LogP contribution in [-0.2, 0) is 0 Å². The van der Waals surface area contributed by atoms with E-state index in [4.69, 9.17) is 5.11 Å². The lowest BCUT2D eigenvalue weighted by Crippen LogP contribution is -2.44. The Morgan fingerprint density at radius 2 is 1.56 bits per heavy atom. The van der Waals surface area contributed by atoms with E-state index in [1.54, 1.807) is 0 Å². The molecule has 0 unspecified atom stereocenters. The molecule has 2 N–H and O–H groups in total. The van der Waals surface area contributed by atoms with Crippen molar-refractivity contribution in [2.75, 3.05) is 0 Å². The van der Waals surface area contributed by atoms with Crippen molar-refractivity contribution in [1.82, 2.24) is 5.32 Å². The maximum Gasteiger partial charge on any atom is 0.335 e. The number of carbonyl (C=O) groups is 2. The number of carbonyl (C=O) groups excluding carboxylic acids is 1. The van der Waals surface area contributed by atoms with E-state index in [0.29, 0.717) is 5.56 Å². The molecule has 0 fully saturated rings. The fourth-order valence-corrected chi connectivity index (χ4v) is 1.54. The molecule has 0 aliphatic carbocycles. The van der Waals surface area contributed by atoms with Gasteiger partial charge in [-0.3, -0.25) is 4.79 Å². The molecular weight excluding hydrogens is 230 g/mol. The summed E-state index contributed by atoms with van der Waals surface area (Å²) >= 11 is 0. The Bertz CT molecular complexity index is 433. The molecule has 0 radical (unpaired) electrons. The summed E-state index contributed by atoms with van der Waals surface area (Å²) in [5, 5.41) is 11.7. The molecule has 1 amide bonds. The number of hydrogen-bond donors (Lipinski definition) is 2. The zero-order chi connectivity index (χ0) is 13.8. The Kier molecular flexibility index (Phi) is 4.48. The van der Waals surface area contributed by atoms with Gasteiger partial charge >= 0.3 is 5.97 Å². The highest BCUT2D eigenvalue weighted by molar-refractivity contribution is 5.96. The van der Waals surface area contributed by atoms with Crippen LogP contribution in [0.1, 0.15) is 54.3 Å². The van der Waals surface area contributed by atoms with Crippen molar-refractivity contribution in [2.24, 2.45) is 0 Å².